The number of rotatable bonds is 8. The van der Waals surface area contributed by atoms with Crippen LogP contribution in [-0.2, 0) is 14.8 Å². The van der Waals surface area contributed by atoms with Gasteiger partial charge in [-0.2, -0.15) is 0 Å². The third-order valence-electron chi connectivity index (χ3n) is 6.00. The maximum Gasteiger partial charge on any atom is 0.264 e. The summed E-state index contributed by atoms with van der Waals surface area (Å²) in [6.45, 7) is 3.48. The van der Waals surface area contributed by atoms with E-state index < -0.39 is 28.1 Å². The summed E-state index contributed by atoms with van der Waals surface area (Å²) in [6.07, 6.45) is 0.537. The maximum atomic E-state index is 13.8. The maximum absolute atomic E-state index is 13.8. The van der Waals surface area contributed by atoms with Crippen molar-refractivity contribution in [3.8, 4) is 17.2 Å². The number of methoxy groups -OCH3 is 2. The van der Waals surface area contributed by atoms with Gasteiger partial charge in [-0.05, 0) is 56.3 Å². The molecule has 1 heterocycles. The number of anilines is 1. The quantitative estimate of drug-likeness (QED) is 0.485. The largest absolute Gasteiger partial charge is 0.497 e. The molecule has 0 aromatic heterocycles. The Kier molecular flexibility index (Phi) is 7.12. The van der Waals surface area contributed by atoms with Gasteiger partial charge in [-0.25, -0.2) is 8.42 Å². The molecule has 1 aliphatic rings. The van der Waals surface area contributed by atoms with E-state index in [4.69, 9.17) is 14.2 Å². The first-order chi connectivity index (χ1) is 17.1. The molecule has 36 heavy (non-hydrogen) atoms. The minimum Gasteiger partial charge on any atom is -0.497 e. The van der Waals surface area contributed by atoms with Crippen LogP contribution < -0.4 is 23.8 Å². The van der Waals surface area contributed by atoms with Gasteiger partial charge in [0.05, 0.1) is 30.8 Å². The monoisotopic (exact) mass is 510 g/mol. The molecule has 3 aromatic rings. The van der Waals surface area contributed by atoms with Gasteiger partial charge in [-0.15, -0.1) is 0 Å². The fraction of sp³-hybridized carbons (Fsp3) is 0.296. The van der Waals surface area contributed by atoms with Gasteiger partial charge in [0.1, 0.15) is 29.4 Å². The summed E-state index contributed by atoms with van der Waals surface area (Å²) in [4.78, 5) is 13.4. The molecule has 0 saturated heterocycles. The minimum absolute atomic E-state index is 0.0274. The Hall–Kier alpha value is -3.72. The molecule has 0 saturated carbocycles. The zero-order chi connectivity index (χ0) is 25.9. The first-order valence-electron chi connectivity index (χ1n) is 11.5. The van der Waals surface area contributed by atoms with Crippen LogP contribution in [0.25, 0.3) is 0 Å². The van der Waals surface area contributed by atoms with E-state index in [1.54, 1.807) is 36.4 Å². The molecule has 0 bridgehead atoms. The van der Waals surface area contributed by atoms with E-state index in [0.717, 1.165) is 9.87 Å². The number of sulfonamides is 1. The van der Waals surface area contributed by atoms with Gasteiger partial charge < -0.3 is 19.5 Å². The molecule has 1 atom stereocenters. The molecule has 3 aromatic carbocycles. The number of fused-ring (bicyclic) bond motifs is 1. The van der Waals surface area contributed by atoms with Gasteiger partial charge in [0.25, 0.3) is 10.0 Å². The number of carbonyl (C=O) groups excluding carboxylic acids is 1. The minimum atomic E-state index is -4.12. The van der Waals surface area contributed by atoms with E-state index in [2.05, 4.69) is 5.32 Å². The SMILES string of the molecule is COc1ccc(S(=O)(=O)N(CC(=O)NC2CC(C)(C)Oc3ccccc32)c2ccccc2OC)cc1. The summed E-state index contributed by atoms with van der Waals surface area (Å²) in [7, 11) is -1.16. The van der Waals surface area contributed by atoms with Crippen LogP contribution in [0.2, 0.25) is 0 Å². The number of hydrogen-bond acceptors (Lipinski definition) is 6. The highest BCUT2D eigenvalue weighted by molar-refractivity contribution is 7.92. The summed E-state index contributed by atoms with van der Waals surface area (Å²) >= 11 is 0. The molecule has 9 heteroatoms. The van der Waals surface area contributed by atoms with Gasteiger partial charge in [-0.3, -0.25) is 9.10 Å². The lowest BCUT2D eigenvalue weighted by Crippen LogP contribution is -2.45. The van der Waals surface area contributed by atoms with E-state index in [0.29, 0.717) is 23.7 Å². The molecule has 1 amide bonds. The van der Waals surface area contributed by atoms with Crippen molar-refractivity contribution in [1.29, 1.82) is 0 Å². The second-order valence-corrected chi connectivity index (χ2v) is 10.9. The topological polar surface area (TPSA) is 94.2 Å². The Balaban J connectivity index is 1.67. The second-order valence-electron chi connectivity index (χ2n) is 9.08. The third-order valence-corrected chi connectivity index (χ3v) is 7.77. The van der Waals surface area contributed by atoms with Gasteiger partial charge in [0, 0.05) is 12.0 Å². The molecule has 190 valence electrons. The van der Waals surface area contributed by atoms with E-state index in [1.807, 2.05) is 38.1 Å². The summed E-state index contributed by atoms with van der Waals surface area (Å²) in [5, 5.41) is 3.02. The van der Waals surface area contributed by atoms with Crippen molar-refractivity contribution in [2.45, 2.75) is 36.8 Å². The van der Waals surface area contributed by atoms with Crippen LogP contribution in [0.5, 0.6) is 17.2 Å². The fourth-order valence-electron chi connectivity index (χ4n) is 4.31. The lowest BCUT2D eigenvalue weighted by atomic mass is 9.89. The number of para-hydroxylation sites is 3. The zero-order valence-corrected chi connectivity index (χ0v) is 21.5. The Morgan fingerprint density at radius 1 is 1.00 bits per heavy atom. The molecule has 1 aliphatic heterocycles. The number of benzene rings is 3. The molecule has 0 spiro atoms. The van der Waals surface area contributed by atoms with Crippen molar-refractivity contribution < 1.29 is 27.4 Å². The average Bonchev–Trinajstić information content (AvgIpc) is 2.86. The highest BCUT2D eigenvalue weighted by Crippen LogP contribution is 2.39. The fourth-order valence-corrected chi connectivity index (χ4v) is 5.74. The second kappa shape index (κ2) is 10.1. The number of nitrogens with zero attached hydrogens (tertiary/aromatic N) is 1. The predicted octanol–water partition coefficient (Wildman–Crippen LogP) is 4.32. The van der Waals surface area contributed by atoms with E-state index in [-0.39, 0.29) is 16.6 Å². The van der Waals surface area contributed by atoms with Crippen LogP contribution in [-0.4, -0.2) is 40.7 Å². The Morgan fingerprint density at radius 3 is 2.36 bits per heavy atom. The third kappa shape index (κ3) is 5.26. The summed E-state index contributed by atoms with van der Waals surface area (Å²) in [5.74, 6) is 1.11. The summed E-state index contributed by atoms with van der Waals surface area (Å²) in [6, 6.07) is 19.9. The first kappa shape index (κ1) is 25.4. The van der Waals surface area contributed by atoms with Crippen molar-refractivity contribution in [1.82, 2.24) is 5.32 Å². The van der Waals surface area contributed by atoms with Gasteiger partial charge in [0.15, 0.2) is 0 Å². The molecule has 0 aliphatic carbocycles. The Morgan fingerprint density at radius 2 is 1.67 bits per heavy atom. The Labute approximate surface area is 211 Å². The molecule has 1 N–H and O–H groups in total. The van der Waals surface area contributed by atoms with E-state index >= 15 is 0 Å². The van der Waals surface area contributed by atoms with Crippen molar-refractivity contribution in [3.63, 3.8) is 0 Å². The molecule has 0 fully saturated rings. The van der Waals surface area contributed by atoms with Crippen LogP contribution in [0.4, 0.5) is 5.69 Å². The number of nitrogens with one attached hydrogen (secondary N) is 1. The van der Waals surface area contributed by atoms with E-state index in [1.165, 1.54) is 26.4 Å². The number of carbonyl (C=O) groups is 1. The average molecular weight is 511 g/mol. The van der Waals surface area contributed by atoms with Crippen molar-refractivity contribution in [3.05, 3.63) is 78.4 Å². The lowest BCUT2D eigenvalue weighted by Gasteiger charge is -2.38. The number of amides is 1. The normalized spacial score (nSPS) is 16.3. The standard InChI is InChI=1S/C27H30N2O6S/c1-27(2)17-22(21-9-5-7-11-24(21)35-27)28-26(30)18-29(23-10-6-8-12-25(23)34-4)36(31,32)20-15-13-19(33-3)14-16-20/h5-16,22H,17-18H2,1-4H3,(H,28,30). The highest BCUT2D eigenvalue weighted by Gasteiger charge is 2.36. The lowest BCUT2D eigenvalue weighted by molar-refractivity contribution is -0.120. The van der Waals surface area contributed by atoms with Gasteiger partial charge in [-0.1, -0.05) is 30.3 Å². The molecule has 0 radical (unpaired) electrons. The van der Waals surface area contributed by atoms with Crippen molar-refractivity contribution in [2.24, 2.45) is 0 Å². The predicted molar refractivity (Wildman–Crippen MR) is 137 cm³/mol. The van der Waals surface area contributed by atoms with Gasteiger partial charge in [0.2, 0.25) is 5.91 Å². The number of ether oxygens (including phenoxy) is 3. The first-order valence-corrected chi connectivity index (χ1v) is 13.0. The smallest absolute Gasteiger partial charge is 0.264 e. The molecular weight excluding hydrogens is 480 g/mol. The van der Waals surface area contributed by atoms with Crippen LogP contribution in [0, 0.1) is 0 Å². The van der Waals surface area contributed by atoms with Crippen LogP contribution in [0.3, 0.4) is 0 Å². The van der Waals surface area contributed by atoms with Crippen LogP contribution in [0.1, 0.15) is 31.9 Å². The van der Waals surface area contributed by atoms with E-state index in [9.17, 15) is 13.2 Å². The molecule has 4 rings (SSSR count). The van der Waals surface area contributed by atoms with Crippen molar-refractivity contribution >= 4 is 21.6 Å². The van der Waals surface area contributed by atoms with Crippen LogP contribution >= 0.6 is 0 Å². The van der Waals surface area contributed by atoms with Gasteiger partial charge >= 0.3 is 0 Å². The molecular formula is C27H30N2O6S. The van der Waals surface area contributed by atoms with Crippen LogP contribution in [0.15, 0.2) is 77.7 Å². The molecule has 1 unspecified atom stereocenters. The summed E-state index contributed by atoms with van der Waals surface area (Å²) in [5.41, 5.74) is 0.620. The van der Waals surface area contributed by atoms with Crippen molar-refractivity contribution in [2.75, 3.05) is 25.1 Å². The molecule has 8 nitrogen and oxygen atoms in total. The Bertz CT molecular complexity index is 1340. The summed E-state index contributed by atoms with van der Waals surface area (Å²) < 4.78 is 45.2. The zero-order valence-electron chi connectivity index (χ0n) is 20.7. The highest BCUT2D eigenvalue weighted by atomic mass is 32.2. The number of hydrogen-bond donors (Lipinski definition) is 1.